The quantitative estimate of drug-likeness (QED) is 0.371. The number of aromatic nitrogens is 6. The molecule has 4 rings (SSSR count). The fraction of sp³-hybridized carbons (Fsp3) is 0.300. The highest BCUT2D eigenvalue weighted by atomic mass is 32.2. The molecule has 4 heterocycles. The Morgan fingerprint density at radius 2 is 1.80 bits per heavy atom. The number of hydrogen-bond acceptors (Lipinski definition) is 8. The maximum absolute atomic E-state index is 12.7. The van der Waals surface area contributed by atoms with E-state index in [4.69, 9.17) is 0 Å². The monoisotopic (exact) mass is 439 g/mol. The molecule has 0 aliphatic heterocycles. The molecule has 0 aliphatic carbocycles. The molecule has 30 heavy (non-hydrogen) atoms. The summed E-state index contributed by atoms with van der Waals surface area (Å²) >= 11 is 3.04. The van der Waals surface area contributed by atoms with Crippen LogP contribution in [0.25, 0.3) is 16.2 Å². The van der Waals surface area contributed by atoms with Crippen molar-refractivity contribution in [3.63, 3.8) is 0 Å². The lowest BCUT2D eigenvalue weighted by atomic mass is 10.2. The number of thioether (sulfide) groups is 1. The van der Waals surface area contributed by atoms with Crippen LogP contribution in [0.15, 0.2) is 23.5 Å². The minimum absolute atomic E-state index is 0.151. The van der Waals surface area contributed by atoms with E-state index in [1.807, 2.05) is 26.8 Å². The number of thiophene rings is 1. The van der Waals surface area contributed by atoms with Gasteiger partial charge in [-0.05, 0) is 46.2 Å². The summed E-state index contributed by atoms with van der Waals surface area (Å²) < 4.78 is 1.56. The molecule has 0 spiro atoms. The van der Waals surface area contributed by atoms with Crippen LogP contribution in [0.5, 0.6) is 0 Å². The molecule has 8 nitrogen and oxygen atoms in total. The van der Waals surface area contributed by atoms with E-state index < -0.39 is 0 Å². The van der Waals surface area contributed by atoms with E-state index >= 15 is 0 Å². The molecule has 0 unspecified atom stereocenters. The topological polar surface area (TPSA) is 98.5 Å². The van der Waals surface area contributed by atoms with Crippen molar-refractivity contribution in [1.29, 1.82) is 0 Å². The number of carbonyl (C=O) groups is 1. The summed E-state index contributed by atoms with van der Waals surface area (Å²) in [5, 5.41) is 9.22. The van der Waals surface area contributed by atoms with Crippen molar-refractivity contribution < 1.29 is 4.79 Å². The van der Waals surface area contributed by atoms with Gasteiger partial charge in [0.25, 0.3) is 5.95 Å². The van der Waals surface area contributed by atoms with Gasteiger partial charge in [0.2, 0.25) is 5.91 Å². The Balaban J connectivity index is 1.53. The van der Waals surface area contributed by atoms with Crippen LogP contribution in [0, 0.1) is 34.6 Å². The van der Waals surface area contributed by atoms with Crippen LogP contribution in [0.4, 0.5) is 5.82 Å². The van der Waals surface area contributed by atoms with Crippen LogP contribution in [-0.4, -0.2) is 41.4 Å². The van der Waals surface area contributed by atoms with Crippen LogP contribution in [0.3, 0.4) is 0 Å². The molecule has 10 heteroatoms. The van der Waals surface area contributed by atoms with Crippen molar-refractivity contribution in [3.05, 3.63) is 46.0 Å². The van der Waals surface area contributed by atoms with Crippen molar-refractivity contribution in [2.24, 2.45) is 0 Å². The molecule has 0 radical (unpaired) electrons. The molecular formula is C20H21N7OS2. The first-order chi connectivity index (χ1) is 14.3. The third-order valence-electron chi connectivity index (χ3n) is 4.53. The normalized spacial score (nSPS) is 11.2. The predicted molar refractivity (Wildman–Crippen MR) is 120 cm³/mol. The summed E-state index contributed by atoms with van der Waals surface area (Å²) in [6.45, 7) is 9.80. The van der Waals surface area contributed by atoms with E-state index in [0.29, 0.717) is 11.8 Å². The van der Waals surface area contributed by atoms with Crippen LogP contribution in [-0.2, 0) is 4.79 Å². The van der Waals surface area contributed by atoms with Gasteiger partial charge < -0.3 is 5.32 Å². The lowest BCUT2D eigenvalue weighted by Crippen LogP contribution is -2.18. The molecule has 1 N–H and O–H groups in total. The fourth-order valence-corrected chi connectivity index (χ4v) is 5.03. The predicted octanol–water partition coefficient (Wildman–Crippen LogP) is 3.94. The Morgan fingerprint density at radius 1 is 1.07 bits per heavy atom. The maximum atomic E-state index is 12.7. The molecule has 0 bridgehead atoms. The molecule has 0 saturated carbocycles. The van der Waals surface area contributed by atoms with Crippen molar-refractivity contribution >= 4 is 45.0 Å². The van der Waals surface area contributed by atoms with Gasteiger partial charge >= 0.3 is 0 Å². The lowest BCUT2D eigenvalue weighted by molar-refractivity contribution is -0.113. The summed E-state index contributed by atoms with van der Waals surface area (Å²) in [5.41, 5.74) is 3.61. The van der Waals surface area contributed by atoms with Gasteiger partial charge in [-0.25, -0.2) is 19.9 Å². The Bertz CT molecular complexity index is 1240. The number of amides is 1. The number of nitrogens with one attached hydrogen (secondary N) is 1. The van der Waals surface area contributed by atoms with Crippen molar-refractivity contribution in [1.82, 2.24) is 29.7 Å². The lowest BCUT2D eigenvalue weighted by Gasteiger charge is -2.09. The standard InChI is InChI=1S/C20H21N7OS2/c1-10-6-11(2)24-20(23-10)27-15(7-12(3)26-27)25-16(28)8-29-18-17-13(4)14(5)30-19(17)22-9-21-18/h6-7,9H,8H2,1-5H3,(H,25,28). The molecule has 4 aromatic heterocycles. The number of hydrogen-bond donors (Lipinski definition) is 1. The van der Waals surface area contributed by atoms with Crippen molar-refractivity contribution in [3.8, 4) is 5.95 Å². The molecule has 4 aromatic rings. The summed E-state index contributed by atoms with van der Waals surface area (Å²) in [4.78, 5) is 32.5. The number of anilines is 1. The highest BCUT2D eigenvalue weighted by molar-refractivity contribution is 8.00. The molecular weight excluding hydrogens is 418 g/mol. The second-order valence-corrected chi connectivity index (χ2v) is 9.18. The van der Waals surface area contributed by atoms with Gasteiger partial charge in [0.05, 0.1) is 11.4 Å². The van der Waals surface area contributed by atoms with E-state index in [1.165, 1.54) is 22.2 Å². The van der Waals surface area contributed by atoms with E-state index in [9.17, 15) is 4.79 Å². The molecule has 0 fully saturated rings. The third kappa shape index (κ3) is 4.05. The van der Waals surface area contributed by atoms with Gasteiger partial charge in [-0.3, -0.25) is 4.79 Å². The smallest absolute Gasteiger partial charge is 0.252 e. The number of nitrogens with zero attached hydrogens (tertiary/aromatic N) is 6. The SMILES string of the molecule is Cc1cc(C)nc(-n2nc(C)cc2NC(=O)CSc2ncnc3sc(C)c(C)c23)n1. The Kier molecular flexibility index (Phi) is 5.52. The number of aryl methyl sites for hydroxylation is 5. The van der Waals surface area contributed by atoms with Crippen LogP contribution in [0.2, 0.25) is 0 Å². The largest absolute Gasteiger partial charge is 0.310 e. The summed E-state index contributed by atoms with van der Waals surface area (Å²) in [6.07, 6.45) is 1.55. The van der Waals surface area contributed by atoms with Gasteiger partial charge in [0.1, 0.15) is 22.0 Å². The number of rotatable bonds is 5. The second-order valence-electron chi connectivity index (χ2n) is 7.01. The van der Waals surface area contributed by atoms with Crippen molar-refractivity contribution in [2.75, 3.05) is 11.1 Å². The zero-order valence-electron chi connectivity index (χ0n) is 17.3. The molecule has 0 aliphatic rings. The Labute approximate surface area is 182 Å². The first-order valence-corrected chi connectivity index (χ1v) is 11.1. The first kappa shape index (κ1) is 20.4. The summed E-state index contributed by atoms with van der Waals surface area (Å²) in [7, 11) is 0. The number of fused-ring (bicyclic) bond motifs is 1. The minimum atomic E-state index is -0.151. The minimum Gasteiger partial charge on any atom is -0.310 e. The third-order valence-corrected chi connectivity index (χ3v) is 6.63. The van der Waals surface area contributed by atoms with Gasteiger partial charge in [-0.2, -0.15) is 9.78 Å². The average Bonchev–Trinajstić information content (AvgIpc) is 3.19. The molecule has 0 saturated heterocycles. The zero-order chi connectivity index (χ0) is 21.4. The van der Waals surface area contributed by atoms with Gasteiger partial charge in [-0.1, -0.05) is 11.8 Å². The second kappa shape index (κ2) is 8.11. The van der Waals surface area contributed by atoms with Gasteiger partial charge in [0, 0.05) is 27.7 Å². The highest BCUT2D eigenvalue weighted by Gasteiger charge is 2.16. The van der Waals surface area contributed by atoms with Gasteiger partial charge in [-0.15, -0.1) is 11.3 Å². The van der Waals surface area contributed by atoms with E-state index in [1.54, 1.807) is 28.4 Å². The van der Waals surface area contributed by atoms with Crippen LogP contribution < -0.4 is 5.32 Å². The Morgan fingerprint density at radius 3 is 2.53 bits per heavy atom. The highest BCUT2D eigenvalue weighted by Crippen LogP contribution is 2.34. The molecule has 0 aromatic carbocycles. The Hall–Kier alpha value is -2.85. The van der Waals surface area contributed by atoms with E-state index in [0.717, 1.165) is 32.3 Å². The average molecular weight is 440 g/mol. The van der Waals surface area contributed by atoms with E-state index in [-0.39, 0.29) is 11.7 Å². The van der Waals surface area contributed by atoms with Gasteiger partial charge in [0.15, 0.2) is 0 Å². The molecule has 0 atom stereocenters. The van der Waals surface area contributed by atoms with E-state index in [2.05, 4.69) is 44.2 Å². The maximum Gasteiger partial charge on any atom is 0.252 e. The van der Waals surface area contributed by atoms with Crippen LogP contribution >= 0.6 is 23.1 Å². The molecule has 1 amide bonds. The first-order valence-electron chi connectivity index (χ1n) is 9.34. The van der Waals surface area contributed by atoms with Crippen LogP contribution in [0.1, 0.15) is 27.5 Å². The summed E-state index contributed by atoms with van der Waals surface area (Å²) in [5.74, 6) is 1.05. The van der Waals surface area contributed by atoms with Crippen molar-refractivity contribution in [2.45, 2.75) is 39.6 Å². The fourth-order valence-electron chi connectivity index (χ4n) is 3.12. The molecule has 154 valence electrons. The number of carbonyl (C=O) groups excluding carboxylic acids is 1. The zero-order valence-corrected chi connectivity index (χ0v) is 19.0. The summed E-state index contributed by atoms with van der Waals surface area (Å²) in [6, 6.07) is 3.70.